The van der Waals surface area contributed by atoms with E-state index in [0.717, 1.165) is 5.56 Å². The van der Waals surface area contributed by atoms with Crippen molar-refractivity contribution >= 4 is 17.4 Å². The standard InChI is InChI=1S/C12H10ClFN2O/c1-7(17)4-12-15-6-11(16-12)8-2-3-10(14)9(13)5-8/h2-3,5-6H,4H2,1H3,(H,15,16). The lowest BCUT2D eigenvalue weighted by Gasteiger charge is -1.99. The molecule has 2 aromatic rings. The minimum absolute atomic E-state index is 0.0306. The van der Waals surface area contributed by atoms with Crippen LogP contribution in [0.15, 0.2) is 24.4 Å². The Morgan fingerprint density at radius 1 is 1.53 bits per heavy atom. The van der Waals surface area contributed by atoms with Gasteiger partial charge in [0.05, 0.1) is 23.3 Å². The van der Waals surface area contributed by atoms with Gasteiger partial charge in [0.1, 0.15) is 17.4 Å². The number of halogens is 2. The number of aromatic nitrogens is 2. The molecule has 0 saturated carbocycles. The first kappa shape index (κ1) is 11.8. The summed E-state index contributed by atoms with van der Waals surface area (Å²) in [6.45, 7) is 1.50. The number of nitrogens with zero attached hydrogens (tertiary/aromatic N) is 1. The Morgan fingerprint density at radius 3 is 2.94 bits per heavy atom. The maximum Gasteiger partial charge on any atom is 0.141 e. The Morgan fingerprint density at radius 2 is 2.29 bits per heavy atom. The average Bonchev–Trinajstić information content (AvgIpc) is 2.69. The second-order valence-electron chi connectivity index (χ2n) is 3.75. The number of benzene rings is 1. The molecule has 88 valence electrons. The van der Waals surface area contributed by atoms with Crippen molar-refractivity contribution in [2.45, 2.75) is 13.3 Å². The van der Waals surface area contributed by atoms with Crippen molar-refractivity contribution in [3.8, 4) is 11.3 Å². The van der Waals surface area contributed by atoms with E-state index in [2.05, 4.69) is 9.97 Å². The number of H-pyrrole nitrogens is 1. The lowest BCUT2D eigenvalue weighted by molar-refractivity contribution is -0.116. The second-order valence-corrected chi connectivity index (χ2v) is 4.16. The SMILES string of the molecule is CC(=O)Cc1ncc(-c2ccc(F)c(Cl)c2)[nH]1. The normalized spacial score (nSPS) is 10.5. The third-order valence-electron chi connectivity index (χ3n) is 2.28. The highest BCUT2D eigenvalue weighted by molar-refractivity contribution is 6.31. The van der Waals surface area contributed by atoms with Crippen LogP contribution in [-0.2, 0) is 11.2 Å². The van der Waals surface area contributed by atoms with Crippen LogP contribution in [0.25, 0.3) is 11.3 Å². The number of Topliss-reactive ketones (excluding diaryl/α,β-unsaturated/α-hetero) is 1. The molecule has 0 aliphatic heterocycles. The molecule has 5 heteroatoms. The minimum atomic E-state index is -0.459. The molecule has 0 aliphatic carbocycles. The zero-order valence-electron chi connectivity index (χ0n) is 9.13. The summed E-state index contributed by atoms with van der Waals surface area (Å²) in [4.78, 5) is 18.0. The van der Waals surface area contributed by atoms with Crippen molar-refractivity contribution in [1.82, 2.24) is 9.97 Å². The molecular formula is C12H10ClFN2O. The molecule has 0 fully saturated rings. The largest absolute Gasteiger partial charge is 0.342 e. The number of imidazole rings is 1. The van der Waals surface area contributed by atoms with Gasteiger partial charge >= 0.3 is 0 Å². The summed E-state index contributed by atoms with van der Waals surface area (Å²) >= 11 is 5.69. The number of aromatic amines is 1. The first-order valence-corrected chi connectivity index (χ1v) is 5.43. The Kier molecular flexibility index (Phi) is 3.24. The van der Waals surface area contributed by atoms with Crippen molar-refractivity contribution in [1.29, 1.82) is 0 Å². The van der Waals surface area contributed by atoms with Gasteiger partial charge < -0.3 is 4.98 Å². The van der Waals surface area contributed by atoms with E-state index in [1.165, 1.54) is 19.1 Å². The van der Waals surface area contributed by atoms with Gasteiger partial charge in [-0.25, -0.2) is 9.37 Å². The molecule has 1 aromatic carbocycles. The van der Waals surface area contributed by atoms with E-state index in [4.69, 9.17) is 11.6 Å². The van der Waals surface area contributed by atoms with Gasteiger partial charge in [0.2, 0.25) is 0 Å². The second kappa shape index (κ2) is 4.67. The molecule has 17 heavy (non-hydrogen) atoms. The van der Waals surface area contributed by atoms with Crippen molar-refractivity contribution in [3.05, 3.63) is 41.1 Å². The summed E-state index contributed by atoms with van der Waals surface area (Å²) in [5, 5.41) is 0.0604. The van der Waals surface area contributed by atoms with Gasteiger partial charge in [-0.1, -0.05) is 11.6 Å². The van der Waals surface area contributed by atoms with Crippen LogP contribution in [0.5, 0.6) is 0 Å². The fourth-order valence-electron chi connectivity index (χ4n) is 1.50. The molecule has 1 heterocycles. The van der Waals surface area contributed by atoms with Crippen LogP contribution in [0.1, 0.15) is 12.7 Å². The van der Waals surface area contributed by atoms with Crippen LogP contribution in [0.3, 0.4) is 0 Å². The molecule has 0 saturated heterocycles. The Hall–Kier alpha value is -1.68. The summed E-state index contributed by atoms with van der Waals surface area (Å²) in [7, 11) is 0. The molecule has 1 aromatic heterocycles. The van der Waals surface area contributed by atoms with E-state index in [0.29, 0.717) is 11.5 Å². The lowest BCUT2D eigenvalue weighted by atomic mass is 10.2. The molecule has 0 radical (unpaired) electrons. The zero-order valence-corrected chi connectivity index (χ0v) is 9.88. The monoisotopic (exact) mass is 252 g/mol. The summed E-state index contributed by atoms with van der Waals surface area (Å²) in [6.07, 6.45) is 1.86. The average molecular weight is 253 g/mol. The minimum Gasteiger partial charge on any atom is -0.342 e. The van der Waals surface area contributed by atoms with E-state index in [1.807, 2.05) is 0 Å². The van der Waals surface area contributed by atoms with Gasteiger partial charge in [0.15, 0.2) is 0 Å². The summed E-state index contributed by atoms with van der Waals surface area (Å²) in [6, 6.07) is 4.41. The number of carbonyl (C=O) groups excluding carboxylic acids is 1. The third-order valence-corrected chi connectivity index (χ3v) is 2.57. The van der Waals surface area contributed by atoms with Crippen molar-refractivity contribution in [3.63, 3.8) is 0 Å². The number of ketones is 1. The zero-order chi connectivity index (χ0) is 12.4. The molecule has 2 rings (SSSR count). The number of hydrogen-bond donors (Lipinski definition) is 1. The van der Waals surface area contributed by atoms with E-state index < -0.39 is 5.82 Å². The highest BCUT2D eigenvalue weighted by atomic mass is 35.5. The van der Waals surface area contributed by atoms with Gasteiger partial charge in [-0.05, 0) is 25.1 Å². The maximum absolute atomic E-state index is 13.0. The lowest BCUT2D eigenvalue weighted by Crippen LogP contribution is -1.97. The van der Waals surface area contributed by atoms with E-state index in [1.54, 1.807) is 12.3 Å². The predicted octanol–water partition coefficient (Wildman–Crippen LogP) is 3.00. The number of carbonyl (C=O) groups is 1. The smallest absolute Gasteiger partial charge is 0.141 e. The third kappa shape index (κ3) is 2.71. The highest BCUT2D eigenvalue weighted by Crippen LogP contribution is 2.23. The van der Waals surface area contributed by atoms with E-state index in [9.17, 15) is 9.18 Å². The van der Waals surface area contributed by atoms with Crippen LogP contribution in [-0.4, -0.2) is 15.8 Å². The highest BCUT2D eigenvalue weighted by Gasteiger charge is 2.07. The fourth-order valence-corrected chi connectivity index (χ4v) is 1.68. The fraction of sp³-hybridized carbons (Fsp3) is 0.167. The Labute approximate surface area is 103 Å². The summed E-state index contributed by atoms with van der Waals surface area (Å²) in [5.41, 5.74) is 1.45. The molecule has 0 spiro atoms. The van der Waals surface area contributed by atoms with Crippen LogP contribution < -0.4 is 0 Å². The molecule has 3 nitrogen and oxygen atoms in total. The molecule has 1 N–H and O–H groups in total. The summed E-state index contributed by atoms with van der Waals surface area (Å²) < 4.78 is 13.0. The van der Waals surface area contributed by atoms with Crippen LogP contribution in [0.4, 0.5) is 4.39 Å². The van der Waals surface area contributed by atoms with E-state index >= 15 is 0 Å². The van der Waals surface area contributed by atoms with Crippen molar-refractivity contribution < 1.29 is 9.18 Å². The number of rotatable bonds is 3. The Balaban J connectivity index is 2.30. The quantitative estimate of drug-likeness (QED) is 0.913. The molecule has 0 amide bonds. The van der Waals surface area contributed by atoms with Crippen molar-refractivity contribution in [2.75, 3.05) is 0 Å². The van der Waals surface area contributed by atoms with Gasteiger partial charge in [-0.3, -0.25) is 4.79 Å². The van der Waals surface area contributed by atoms with Crippen molar-refractivity contribution in [2.24, 2.45) is 0 Å². The Bertz CT molecular complexity index is 565. The van der Waals surface area contributed by atoms with Crippen LogP contribution in [0, 0.1) is 5.82 Å². The maximum atomic E-state index is 13.0. The molecule has 0 aliphatic rings. The molecule has 0 bridgehead atoms. The van der Waals surface area contributed by atoms with Gasteiger partial charge in [0, 0.05) is 5.56 Å². The van der Waals surface area contributed by atoms with Gasteiger partial charge in [0.25, 0.3) is 0 Å². The van der Waals surface area contributed by atoms with Crippen LogP contribution in [0.2, 0.25) is 5.02 Å². The predicted molar refractivity (Wildman–Crippen MR) is 63.4 cm³/mol. The first-order valence-electron chi connectivity index (χ1n) is 5.05. The van der Waals surface area contributed by atoms with Crippen LogP contribution >= 0.6 is 11.6 Å². The first-order chi connectivity index (χ1) is 8.06. The summed E-state index contributed by atoms with van der Waals surface area (Å²) in [5.74, 6) is 0.162. The molecule has 0 atom stereocenters. The van der Waals surface area contributed by atoms with Gasteiger partial charge in [-0.15, -0.1) is 0 Å². The van der Waals surface area contributed by atoms with Gasteiger partial charge in [-0.2, -0.15) is 0 Å². The topological polar surface area (TPSA) is 45.8 Å². The molecule has 0 unspecified atom stereocenters. The van der Waals surface area contributed by atoms with E-state index in [-0.39, 0.29) is 17.2 Å². The molecular weight excluding hydrogens is 243 g/mol. The number of hydrogen-bond acceptors (Lipinski definition) is 2. The number of nitrogens with one attached hydrogen (secondary N) is 1.